The van der Waals surface area contributed by atoms with Crippen molar-refractivity contribution in [3.05, 3.63) is 0 Å². The summed E-state index contributed by atoms with van der Waals surface area (Å²) in [4.78, 5) is 10.9. The van der Waals surface area contributed by atoms with Gasteiger partial charge in [-0.2, -0.15) is 0 Å². The van der Waals surface area contributed by atoms with Crippen molar-refractivity contribution in [2.45, 2.75) is 52.2 Å². The monoisotopic (exact) mass is 244 g/mol. The Labute approximate surface area is 103 Å². The van der Waals surface area contributed by atoms with Gasteiger partial charge in [-0.05, 0) is 38.0 Å². The first kappa shape index (κ1) is 14.5. The first-order valence-corrected chi connectivity index (χ1v) is 6.48. The highest BCUT2D eigenvalue weighted by Gasteiger charge is 2.26. The Morgan fingerprint density at radius 1 is 1.29 bits per heavy atom. The second-order valence-electron chi connectivity index (χ2n) is 5.16. The van der Waals surface area contributed by atoms with Gasteiger partial charge in [0.2, 0.25) is 0 Å². The normalized spacial score (nSPS) is 31.1. The molecule has 1 aliphatic rings. The minimum absolute atomic E-state index is 0.160. The summed E-state index contributed by atoms with van der Waals surface area (Å²) in [5.41, 5.74) is 0. The van der Waals surface area contributed by atoms with Crippen LogP contribution in [0.1, 0.15) is 40.0 Å². The Morgan fingerprint density at radius 3 is 2.35 bits per heavy atom. The second kappa shape index (κ2) is 6.97. The van der Waals surface area contributed by atoms with E-state index in [1.54, 1.807) is 6.92 Å². The number of hydrogen-bond acceptors (Lipinski definition) is 3. The highest BCUT2D eigenvalue weighted by atomic mass is 16.6. The van der Waals surface area contributed by atoms with Gasteiger partial charge >= 0.3 is 5.97 Å². The van der Waals surface area contributed by atoms with Crippen LogP contribution in [0.25, 0.3) is 0 Å². The summed E-state index contributed by atoms with van der Waals surface area (Å²) in [5, 5.41) is 8.93. The van der Waals surface area contributed by atoms with Gasteiger partial charge < -0.3 is 14.6 Å². The lowest BCUT2D eigenvalue weighted by atomic mass is 9.82. The van der Waals surface area contributed by atoms with E-state index >= 15 is 0 Å². The minimum Gasteiger partial charge on any atom is -0.479 e. The maximum absolute atomic E-state index is 10.9. The van der Waals surface area contributed by atoms with E-state index in [2.05, 4.69) is 13.8 Å². The van der Waals surface area contributed by atoms with Crippen molar-refractivity contribution in [3.63, 3.8) is 0 Å². The SMILES string of the molecule is CCOC(COC1CC(C)CC(C)C1)C(=O)O. The van der Waals surface area contributed by atoms with Gasteiger partial charge in [0.05, 0.1) is 12.7 Å². The average Bonchev–Trinajstić information content (AvgIpc) is 2.22. The van der Waals surface area contributed by atoms with Crippen molar-refractivity contribution in [3.8, 4) is 0 Å². The lowest BCUT2D eigenvalue weighted by molar-refractivity contribution is -0.156. The van der Waals surface area contributed by atoms with Crippen LogP contribution in [0.5, 0.6) is 0 Å². The molecule has 3 atom stereocenters. The molecule has 1 saturated carbocycles. The van der Waals surface area contributed by atoms with Crippen LogP contribution < -0.4 is 0 Å². The number of carboxylic acid groups (broad SMARTS) is 1. The summed E-state index contributed by atoms with van der Waals surface area (Å²) in [5.74, 6) is 0.391. The highest BCUT2D eigenvalue weighted by molar-refractivity contribution is 5.72. The fraction of sp³-hybridized carbons (Fsp3) is 0.923. The average molecular weight is 244 g/mol. The van der Waals surface area contributed by atoms with Gasteiger partial charge in [-0.3, -0.25) is 0 Å². The minimum atomic E-state index is -0.941. The van der Waals surface area contributed by atoms with Crippen LogP contribution in [0.15, 0.2) is 0 Å². The summed E-state index contributed by atoms with van der Waals surface area (Å²) >= 11 is 0. The van der Waals surface area contributed by atoms with Crippen LogP contribution >= 0.6 is 0 Å². The summed E-state index contributed by atoms with van der Waals surface area (Å²) in [6, 6.07) is 0. The van der Waals surface area contributed by atoms with Gasteiger partial charge in [-0.15, -0.1) is 0 Å². The molecule has 1 aliphatic carbocycles. The topological polar surface area (TPSA) is 55.8 Å². The van der Waals surface area contributed by atoms with Crippen molar-refractivity contribution < 1.29 is 19.4 Å². The fourth-order valence-corrected chi connectivity index (χ4v) is 2.62. The molecule has 0 aromatic rings. The lowest BCUT2D eigenvalue weighted by Gasteiger charge is -2.31. The largest absolute Gasteiger partial charge is 0.479 e. The molecule has 1 rings (SSSR count). The predicted octanol–water partition coefficient (Wildman–Crippen LogP) is 2.32. The van der Waals surface area contributed by atoms with Crippen LogP contribution in [0.2, 0.25) is 0 Å². The molecular formula is C13H24O4. The van der Waals surface area contributed by atoms with Gasteiger partial charge in [-0.1, -0.05) is 13.8 Å². The van der Waals surface area contributed by atoms with E-state index in [1.165, 1.54) is 6.42 Å². The zero-order valence-electron chi connectivity index (χ0n) is 11.0. The number of carbonyl (C=O) groups is 1. The standard InChI is InChI=1S/C13H24O4/c1-4-16-12(13(14)15)8-17-11-6-9(2)5-10(3)7-11/h9-12H,4-8H2,1-3H3,(H,14,15). The third kappa shape index (κ3) is 5.04. The van der Waals surface area contributed by atoms with Crippen LogP contribution in [-0.4, -0.2) is 36.5 Å². The predicted molar refractivity (Wildman–Crippen MR) is 65.0 cm³/mol. The van der Waals surface area contributed by atoms with Crippen LogP contribution in [0.3, 0.4) is 0 Å². The molecule has 0 aromatic carbocycles. The molecule has 0 aliphatic heterocycles. The van der Waals surface area contributed by atoms with Gasteiger partial charge in [0.25, 0.3) is 0 Å². The molecule has 0 amide bonds. The van der Waals surface area contributed by atoms with Gasteiger partial charge in [0.1, 0.15) is 0 Å². The molecule has 0 heterocycles. The molecule has 0 spiro atoms. The Bertz CT molecular complexity index is 232. The zero-order chi connectivity index (χ0) is 12.8. The maximum Gasteiger partial charge on any atom is 0.335 e. The van der Waals surface area contributed by atoms with Gasteiger partial charge in [0, 0.05) is 6.61 Å². The Morgan fingerprint density at radius 2 is 1.88 bits per heavy atom. The molecular weight excluding hydrogens is 220 g/mol. The summed E-state index contributed by atoms with van der Waals surface area (Å²) < 4.78 is 10.8. The van der Waals surface area contributed by atoms with Crippen LogP contribution in [0, 0.1) is 11.8 Å². The van der Waals surface area contributed by atoms with Crippen molar-refractivity contribution >= 4 is 5.97 Å². The number of rotatable bonds is 6. The smallest absolute Gasteiger partial charge is 0.335 e. The Kier molecular flexibility index (Phi) is 5.92. The molecule has 0 radical (unpaired) electrons. The quantitative estimate of drug-likeness (QED) is 0.779. The van der Waals surface area contributed by atoms with Crippen LogP contribution in [-0.2, 0) is 14.3 Å². The van der Waals surface area contributed by atoms with Crippen molar-refractivity contribution in [2.75, 3.05) is 13.2 Å². The fourth-order valence-electron chi connectivity index (χ4n) is 2.62. The molecule has 0 bridgehead atoms. The number of carboxylic acids is 1. The number of aliphatic carboxylic acids is 1. The lowest BCUT2D eigenvalue weighted by Crippen LogP contribution is -2.34. The molecule has 0 saturated heterocycles. The molecule has 4 nitrogen and oxygen atoms in total. The molecule has 17 heavy (non-hydrogen) atoms. The van der Waals surface area contributed by atoms with E-state index < -0.39 is 12.1 Å². The first-order valence-electron chi connectivity index (χ1n) is 6.48. The van der Waals surface area contributed by atoms with E-state index in [0.717, 1.165) is 12.8 Å². The number of hydrogen-bond donors (Lipinski definition) is 1. The third-order valence-electron chi connectivity index (χ3n) is 3.26. The highest BCUT2D eigenvalue weighted by Crippen LogP contribution is 2.30. The Hall–Kier alpha value is -0.610. The van der Waals surface area contributed by atoms with Crippen molar-refractivity contribution in [1.29, 1.82) is 0 Å². The van der Waals surface area contributed by atoms with Crippen LogP contribution in [0.4, 0.5) is 0 Å². The first-order chi connectivity index (χ1) is 8.02. The molecule has 4 heteroatoms. The number of ether oxygens (including phenoxy) is 2. The summed E-state index contributed by atoms with van der Waals surface area (Å²) in [6.07, 6.45) is 2.67. The van der Waals surface area contributed by atoms with Crippen molar-refractivity contribution in [2.24, 2.45) is 11.8 Å². The zero-order valence-corrected chi connectivity index (χ0v) is 11.0. The summed E-state index contributed by atoms with van der Waals surface area (Å²) in [6.45, 7) is 6.80. The molecule has 1 fully saturated rings. The van der Waals surface area contributed by atoms with Crippen molar-refractivity contribution in [1.82, 2.24) is 0 Å². The van der Waals surface area contributed by atoms with Gasteiger partial charge in [0.15, 0.2) is 6.10 Å². The maximum atomic E-state index is 10.9. The Balaban J connectivity index is 2.35. The molecule has 1 N–H and O–H groups in total. The van der Waals surface area contributed by atoms with E-state index in [1.807, 2.05) is 0 Å². The molecule has 0 aromatic heterocycles. The third-order valence-corrected chi connectivity index (χ3v) is 3.26. The van der Waals surface area contributed by atoms with E-state index in [0.29, 0.717) is 18.4 Å². The molecule has 3 unspecified atom stereocenters. The van der Waals surface area contributed by atoms with E-state index in [4.69, 9.17) is 14.6 Å². The van der Waals surface area contributed by atoms with E-state index in [9.17, 15) is 4.79 Å². The summed E-state index contributed by atoms with van der Waals surface area (Å²) in [7, 11) is 0. The molecule has 100 valence electrons. The van der Waals surface area contributed by atoms with E-state index in [-0.39, 0.29) is 12.7 Å². The van der Waals surface area contributed by atoms with Gasteiger partial charge in [-0.25, -0.2) is 4.79 Å². The second-order valence-corrected chi connectivity index (χ2v) is 5.16.